The summed E-state index contributed by atoms with van der Waals surface area (Å²) in [5.41, 5.74) is 5.04. The van der Waals surface area contributed by atoms with Gasteiger partial charge in [0.05, 0.1) is 12.8 Å². The van der Waals surface area contributed by atoms with Crippen LogP contribution in [-0.2, 0) is 13.1 Å². The summed E-state index contributed by atoms with van der Waals surface area (Å²) in [7, 11) is 2.11. The Morgan fingerprint density at radius 3 is 2.43 bits per heavy atom. The van der Waals surface area contributed by atoms with Gasteiger partial charge in [-0.3, -0.25) is 0 Å². The monoisotopic (exact) mass is 286 g/mol. The molecule has 3 nitrogen and oxygen atoms in total. The Kier molecular flexibility index (Phi) is 5.07. The van der Waals surface area contributed by atoms with Gasteiger partial charge in [0.2, 0.25) is 0 Å². The molecule has 21 heavy (non-hydrogen) atoms. The zero-order valence-corrected chi connectivity index (χ0v) is 13.7. The van der Waals surface area contributed by atoms with Gasteiger partial charge in [0.25, 0.3) is 0 Å². The zero-order chi connectivity index (χ0) is 15.4. The van der Waals surface area contributed by atoms with E-state index < -0.39 is 0 Å². The number of nitrogens with one attached hydrogen (secondary N) is 1. The molecule has 0 aliphatic heterocycles. The van der Waals surface area contributed by atoms with Crippen molar-refractivity contribution in [3.8, 4) is 0 Å². The zero-order valence-electron chi connectivity index (χ0n) is 13.7. The first-order valence-corrected chi connectivity index (χ1v) is 7.53. The Bertz CT molecular complexity index is 566. The van der Waals surface area contributed by atoms with Crippen molar-refractivity contribution >= 4 is 5.69 Å². The van der Waals surface area contributed by atoms with Crippen molar-refractivity contribution in [1.29, 1.82) is 0 Å². The number of hydrogen-bond acceptors (Lipinski definition) is 3. The summed E-state index contributed by atoms with van der Waals surface area (Å²) in [6, 6.07) is 9.15. The van der Waals surface area contributed by atoms with Crippen molar-refractivity contribution in [2.75, 3.05) is 11.9 Å². The Morgan fingerprint density at radius 1 is 1.14 bits per heavy atom. The van der Waals surface area contributed by atoms with E-state index in [-0.39, 0.29) is 0 Å². The number of anilines is 1. The van der Waals surface area contributed by atoms with Gasteiger partial charge >= 0.3 is 0 Å². The fourth-order valence-corrected chi connectivity index (χ4v) is 2.46. The molecule has 0 amide bonds. The van der Waals surface area contributed by atoms with Gasteiger partial charge in [-0.15, -0.1) is 0 Å². The van der Waals surface area contributed by atoms with Gasteiger partial charge in [-0.1, -0.05) is 19.9 Å². The van der Waals surface area contributed by atoms with Crippen molar-refractivity contribution in [3.05, 3.63) is 53.0 Å². The van der Waals surface area contributed by atoms with Gasteiger partial charge in [0, 0.05) is 30.9 Å². The van der Waals surface area contributed by atoms with Crippen LogP contribution in [0, 0.1) is 13.8 Å². The van der Waals surface area contributed by atoms with Crippen LogP contribution in [0.2, 0.25) is 0 Å². The van der Waals surface area contributed by atoms with E-state index in [4.69, 9.17) is 4.42 Å². The summed E-state index contributed by atoms with van der Waals surface area (Å²) in [6.45, 7) is 10.2. The van der Waals surface area contributed by atoms with Gasteiger partial charge in [0.1, 0.15) is 5.76 Å². The highest BCUT2D eigenvalue weighted by Gasteiger charge is 2.11. The Labute approximate surface area is 128 Å². The molecule has 0 atom stereocenters. The summed E-state index contributed by atoms with van der Waals surface area (Å²) >= 11 is 0. The lowest BCUT2D eigenvalue weighted by molar-refractivity contribution is 0.495. The number of aryl methyl sites for hydroxylation is 2. The highest BCUT2D eigenvalue weighted by Crippen LogP contribution is 2.21. The number of hydrogen-bond donors (Lipinski definition) is 1. The molecule has 0 fully saturated rings. The van der Waals surface area contributed by atoms with Crippen LogP contribution in [-0.4, -0.2) is 13.1 Å². The van der Waals surface area contributed by atoms with Crippen molar-refractivity contribution < 1.29 is 4.42 Å². The topological polar surface area (TPSA) is 28.4 Å². The molecule has 0 saturated heterocycles. The van der Waals surface area contributed by atoms with E-state index in [1.165, 1.54) is 22.4 Å². The first kappa shape index (κ1) is 15.6. The maximum atomic E-state index is 5.67. The number of furan rings is 1. The fourth-order valence-electron chi connectivity index (χ4n) is 2.46. The summed E-state index contributed by atoms with van der Waals surface area (Å²) in [5.74, 6) is 1.03. The first-order chi connectivity index (χ1) is 9.95. The van der Waals surface area contributed by atoms with E-state index in [1.54, 1.807) is 6.26 Å². The largest absolute Gasteiger partial charge is 0.467 e. The van der Waals surface area contributed by atoms with Crippen LogP contribution >= 0.6 is 0 Å². The normalized spacial score (nSPS) is 11.1. The predicted molar refractivity (Wildman–Crippen MR) is 88.7 cm³/mol. The molecular weight excluding hydrogens is 260 g/mol. The summed E-state index contributed by atoms with van der Waals surface area (Å²) in [4.78, 5) is 2.23. The quantitative estimate of drug-likeness (QED) is 0.869. The Morgan fingerprint density at radius 2 is 1.81 bits per heavy atom. The van der Waals surface area contributed by atoms with Crippen LogP contribution in [0.5, 0.6) is 0 Å². The maximum Gasteiger partial charge on any atom is 0.127 e. The minimum absolute atomic E-state index is 0.477. The molecule has 1 heterocycles. The number of rotatable bonds is 6. The molecule has 0 aliphatic rings. The van der Waals surface area contributed by atoms with Gasteiger partial charge in [-0.05, 0) is 43.2 Å². The van der Waals surface area contributed by atoms with Gasteiger partial charge in [-0.25, -0.2) is 0 Å². The van der Waals surface area contributed by atoms with E-state index >= 15 is 0 Å². The van der Waals surface area contributed by atoms with Crippen LogP contribution in [0.25, 0.3) is 0 Å². The summed E-state index contributed by atoms with van der Waals surface area (Å²) < 4.78 is 5.67. The molecular formula is C18H26N2O. The second-order valence-corrected chi connectivity index (χ2v) is 6.11. The van der Waals surface area contributed by atoms with E-state index in [0.717, 1.165) is 18.8 Å². The average molecular weight is 286 g/mol. The Hall–Kier alpha value is -1.74. The SMILES string of the molecule is Cc1cc(C)cc(N(C)Cc2occc2CNC(C)C)c1. The minimum Gasteiger partial charge on any atom is -0.467 e. The second-order valence-electron chi connectivity index (χ2n) is 6.11. The standard InChI is InChI=1S/C18H26N2O/c1-13(2)19-11-16-6-7-21-18(16)12-20(5)17-9-14(3)8-15(4)10-17/h6-10,13,19H,11-12H2,1-5H3. The van der Waals surface area contributed by atoms with Crippen molar-refractivity contribution in [3.63, 3.8) is 0 Å². The van der Waals surface area contributed by atoms with E-state index in [2.05, 4.69) is 69.2 Å². The fraction of sp³-hybridized carbons (Fsp3) is 0.444. The average Bonchev–Trinajstić information content (AvgIpc) is 2.82. The molecule has 0 bridgehead atoms. The lowest BCUT2D eigenvalue weighted by atomic mass is 10.1. The lowest BCUT2D eigenvalue weighted by Crippen LogP contribution is -2.23. The molecule has 0 aliphatic carbocycles. The predicted octanol–water partition coefficient (Wildman–Crippen LogP) is 4.03. The molecule has 1 N–H and O–H groups in total. The molecule has 0 spiro atoms. The number of benzene rings is 1. The second kappa shape index (κ2) is 6.81. The van der Waals surface area contributed by atoms with E-state index in [1.807, 2.05) is 0 Å². The lowest BCUT2D eigenvalue weighted by Gasteiger charge is -2.20. The Balaban J connectivity index is 2.09. The molecule has 0 saturated carbocycles. The third kappa shape index (κ3) is 4.36. The van der Waals surface area contributed by atoms with Gasteiger partial charge in [-0.2, -0.15) is 0 Å². The van der Waals surface area contributed by atoms with E-state index in [9.17, 15) is 0 Å². The van der Waals surface area contributed by atoms with Crippen LogP contribution < -0.4 is 10.2 Å². The third-order valence-electron chi connectivity index (χ3n) is 3.57. The van der Waals surface area contributed by atoms with E-state index in [0.29, 0.717) is 6.04 Å². The first-order valence-electron chi connectivity index (χ1n) is 7.53. The van der Waals surface area contributed by atoms with Crippen LogP contribution in [0.1, 0.15) is 36.3 Å². The van der Waals surface area contributed by atoms with Crippen molar-refractivity contribution in [2.24, 2.45) is 0 Å². The molecule has 0 radical (unpaired) electrons. The summed E-state index contributed by atoms with van der Waals surface area (Å²) in [5, 5.41) is 3.44. The molecule has 1 aromatic carbocycles. The third-order valence-corrected chi connectivity index (χ3v) is 3.57. The van der Waals surface area contributed by atoms with Crippen LogP contribution in [0.15, 0.2) is 34.9 Å². The van der Waals surface area contributed by atoms with Crippen LogP contribution in [0.3, 0.4) is 0 Å². The minimum atomic E-state index is 0.477. The maximum absolute atomic E-state index is 5.67. The van der Waals surface area contributed by atoms with Crippen LogP contribution in [0.4, 0.5) is 5.69 Å². The molecule has 114 valence electrons. The van der Waals surface area contributed by atoms with Crippen molar-refractivity contribution in [2.45, 2.75) is 46.8 Å². The molecule has 2 aromatic rings. The molecule has 3 heteroatoms. The smallest absolute Gasteiger partial charge is 0.127 e. The molecule has 0 unspecified atom stereocenters. The van der Waals surface area contributed by atoms with Gasteiger partial charge < -0.3 is 14.6 Å². The molecule has 2 rings (SSSR count). The summed E-state index contributed by atoms with van der Waals surface area (Å²) in [6.07, 6.45) is 1.78. The highest BCUT2D eigenvalue weighted by atomic mass is 16.3. The van der Waals surface area contributed by atoms with Gasteiger partial charge in [0.15, 0.2) is 0 Å². The molecule has 1 aromatic heterocycles. The highest BCUT2D eigenvalue weighted by molar-refractivity contribution is 5.50. The number of nitrogens with zero attached hydrogens (tertiary/aromatic N) is 1. The van der Waals surface area contributed by atoms with Crippen molar-refractivity contribution in [1.82, 2.24) is 5.32 Å².